The number of amides is 4. The third-order valence-corrected chi connectivity index (χ3v) is 11.3. The number of likely N-dealkylation sites (tertiary alicyclic amines) is 1. The van der Waals surface area contributed by atoms with Crippen LogP contribution in [0, 0.1) is 11.3 Å². The fourth-order valence-corrected chi connectivity index (χ4v) is 8.01. The molecule has 1 heterocycles. The van der Waals surface area contributed by atoms with Gasteiger partial charge in [0, 0.05) is 29.6 Å². The van der Waals surface area contributed by atoms with Crippen LogP contribution >= 0.6 is 12.2 Å². The smallest absolute Gasteiger partial charge is 0.408 e. The van der Waals surface area contributed by atoms with Crippen LogP contribution in [-0.4, -0.2) is 83.3 Å². The van der Waals surface area contributed by atoms with Gasteiger partial charge < -0.3 is 30.9 Å². The van der Waals surface area contributed by atoms with Crippen molar-refractivity contribution in [2.75, 3.05) is 11.9 Å². The topological polar surface area (TPSA) is 175 Å². The minimum Gasteiger partial charge on any atom is -0.444 e. The molecule has 2 aromatic carbocycles. The number of anilines is 1. The average Bonchev–Trinajstić information content (AvgIpc) is 3.95. The molecular formula is C36H48N6O7S2. The Morgan fingerprint density at radius 1 is 1.04 bits per heavy atom. The molecule has 276 valence electrons. The first-order chi connectivity index (χ1) is 23.7. The van der Waals surface area contributed by atoms with E-state index in [0.717, 1.165) is 16.5 Å². The van der Waals surface area contributed by atoms with E-state index in [9.17, 15) is 27.6 Å². The molecule has 1 saturated heterocycles. The van der Waals surface area contributed by atoms with Crippen molar-refractivity contribution in [2.45, 2.75) is 102 Å². The fourth-order valence-electron chi connectivity index (χ4n) is 6.37. The van der Waals surface area contributed by atoms with Crippen LogP contribution in [0.1, 0.15) is 67.2 Å². The van der Waals surface area contributed by atoms with Crippen molar-refractivity contribution >= 4 is 67.6 Å². The lowest BCUT2D eigenvalue weighted by atomic mass is 9.85. The van der Waals surface area contributed by atoms with E-state index in [1.54, 1.807) is 41.5 Å². The lowest BCUT2D eigenvalue weighted by Crippen LogP contribution is -2.60. The number of sulfonamides is 1. The lowest BCUT2D eigenvalue weighted by molar-refractivity contribution is -0.142. The van der Waals surface area contributed by atoms with Crippen molar-refractivity contribution in [3.63, 3.8) is 0 Å². The first kappa shape index (κ1) is 38.0. The SMILES string of the molecule is C=CC1CC1(NC(=O)[C@@H]1C[C@@H](NC(=S)Nc2cccc3ccccc23)CN1C(=O)[C@@H](NC(=O)OC(C)(C)C)C(C)(C)C)C(=O)NS(=O)(=O)C1CC1. The number of carbonyl (C=O) groups is 4. The average molecular weight is 741 g/mol. The number of alkyl carbamates (subject to hydrolysis) is 1. The number of thiocarbonyl (C=S) groups is 1. The molecule has 2 saturated carbocycles. The normalized spacial score (nSPS) is 23.8. The highest BCUT2D eigenvalue weighted by atomic mass is 32.2. The monoisotopic (exact) mass is 740 g/mol. The molecule has 0 radical (unpaired) electrons. The van der Waals surface area contributed by atoms with Gasteiger partial charge >= 0.3 is 6.09 Å². The Bertz CT molecular complexity index is 1840. The predicted molar refractivity (Wildman–Crippen MR) is 199 cm³/mol. The number of carbonyl (C=O) groups excluding carboxylic acids is 4. The van der Waals surface area contributed by atoms with Crippen molar-refractivity contribution in [3.8, 4) is 0 Å². The molecule has 0 bridgehead atoms. The molecule has 4 amide bonds. The standard InChI is InChI=1S/C36H48N6O7S2/c1-8-22-19-36(22,31(45)41-51(47,48)24-16-17-24)40-29(43)27-18-23(37-32(50)38-26-15-11-13-21-12-9-10-14-25(21)26)20-42(27)30(44)28(34(2,3)4)39-33(46)49-35(5,6)7/h8-15,22-24,27-28H,1,16-20H2,2-7H3,(H,39,46)(H,40,43)(H,41,45)(H2,37,38,50)/t22?,23-,27+,28-,36?/m1/s1. The van der Waals surface area contributed by atoms with Crippen LogP contribution < -0.4 is 26.0 Å². The zero-order valence-electron chi connectivity index (χ0n) is 29.9. The predicted octanol–water partition coefficient (Wildman–Crippen LogP) is 3.70. The summed E-state index contributed by atoms with van der Waals surface area (Å²) in [7, 11) is -3.89. The van der Waals surface area contributed by atoms with Crippen molar-refractivity contribution in [1.82, 2.24) is 25.6 Å². The molecule has 15 heteroatoms. The summed E-state index contributed by atoms with van der Waals surface area (Å²) in [6.45, 7) is 14.3. The molecule has 3 aliphatic rings. The highest BCUT2D eigenvalue weighted by Gasteiger charge is 2.62. The minimum absolute atomic E-state index is 0.0387. The van der Waals surface area contributed by atoms with Gasteiger partial charge in [-0.3, -0.25) is 19.1 Å². The molecule has 1 aliphatic heterocycles. The van der Waals surface area contributed by atoms with Gasteiger partial charge in [-0.05, 0) is 75.5 Å². The quantitative estimate of drug-likeness (QED) is 0.179. The Morgan fingerprint density at radius 3 is 2.31 bits per heavy atom. The number of rotatable bonds is 10. The molecule has 3 fully saturated rings. The maximum atomic E-state index is 14.4. The maximum Gasteiger partial charge on any atom is 0.408 e. The zero-order chi connectivity index (χ0) is 37.5. The van der Waals surface area contributed by atoms with Gasteiger partial charge in [0.15, 0.2) is 5.11 Å². The third kappa shape index (κ3) is 8.80. The van der Waals surface area contributed by atoms with Crippen LogP contribution in [0.5, 0.6) is 0 Å². The molecule has 5 atom stereocenters. The summed E-state index contributed by atoms with van der Waals surface area (Å²) in [5.41, 5.74) is -2.38. The van der Waals surface area contributed by atoms with Crippen molar-refractivity contribution in [1.29, 1.82) is 0 Å². The van der Waals surface area contributed by atoms with Crippen LogP contribution in [0.2, 0.25) is 0 Å². The van der Waals surface area contributed by atoms with Crippen LogP contribution in [0.25, 0.3) is 10.8 Å². The summed E-state index contributed by atoms with van der Waals surface area (Å²) in [4.78, 5) is 56.3. The highest BCUT2D eigenvalue weighted by molar-refractivity contribution is 7.91. The van der Waals surface area contributed by atoms with Gasteiger partial charge in [-0.2, -0.15) is 0 Å². The molecule has 2 aromatic rings. The van der Waals surface area contributed by atoms with Gasteiger partial charge in [-0.1, -0.05) is 63.2 Å². The largest absolute Gasteiger partial charge is 0.444 e. The van der Waals surface area contributed by atoms with Gasteiger partial charge in [0.05, 0.1) is 5.25 Å². The van der Waals surface area contributed by atoms with Crippen molar-refractivity contribution < 1.29 is 32.3 Å². The summed E-state index contributed by atoms with van der Waals surface area (Å²) < 4.78 is 32.9. The van der Waals surface area contributed by atoms with Gasteiger partial charge in [0.2, 0.25) is 21.8 Å². The first-order valence-electron chi connectivity index (χ1n) is 17.1. The van der Waals surface area contributed by atoms with E-state index in [-0.39, 0.29) is 24.5 Å². The molecule has 51 heavy (non-hydrogen) atoms. The van der Waals surface area contributed by atoms with Gasteiger partial charge in [-0.15, -0.1) is 6.58 Å². The Kier molecular flexibility index (Phi) is 10.5. The Labute approximate surface area is 304 Å². The van der Waals surface area contributed by atoms with Crippen LogP contribution in [-0.2, 0) is 29.1 Å². The Morgan fingerprint density at radius 2 is 1.71 bits per heavy atom. The number of hydrogen-bond acceptors (Lipinski definition) is 8. The number of fused-ring (bicyclic) bond motifs is 1. The Balaban J connectivity index is 1.39. The Hall–Kier alpha value is -4.24. The maximum absolute atomic E-state index is 14.4. The lowest BCUT2D eigenvalue weighted by Gasteiger charge is -2.36. The van der Waals surface area contributed by atoms with E-state index < -0.39 is 79.7 Å². The second-order valence-electron chi connectivity index (χ2n) is 15.7. The molecule has 2 aliphatic carbocycles. The van der Waals surface area contributed by atoms with Gasteiger partial charge in [0.25, 0.3) is 5.91 Å². The van der Waals surface area contributed by atoms with Crippen LogP contribution in [0.3, 0.4) is 0 Å². The molecule has 2 unspecified atom stereocenters. The van der Waals surface area contributed by atoms with Gasteiger partial charge in [-0.25, -0.2) is 13.2 Å². The summed E-state index contributed by atoms with van der Waals surface area (Å²) in [6.07, 6.45) is 1.90. The van der Waals surface area contributed by atoms with Crippen molar-refractivity contribution in [2.24, 2.45) is 11.3 Å². The molecule has 5 rings (SSSR count). The van der Waals surface area contributed by atoms with Gasteiger partial charge in [0.1, 0.15) is 23.2 Å². The number of nitrogens with zero attached hydrogens (tertiary/aromatic N) is 1. The summed E-state index contributed by atoms with van der Waals surface area (Å²) >= 11 is 5.68. The summed E-state index contributed by atoms with van der Waals surface area (Å²) in [6, 6.07) is 10.9. The molecule has 0 aromatic heterocycles. The van der Waals surface area contributed by atoms with E-state index >= 15 is 0 Å². The van der Waals surface area contributed by atoms with E-state index in [2.05, 4.69) is 32.6 Å². The molecule has 13 nitrogen and oxygen atoms in total. The van der Waals surface area contributed by atoms with Crippen LogP contribution in [0.15, 0.2) is 55.1 Å². The highest BCUT2D eigenvalue weighted by Crippen LogP contribution is 2.45. The number of ether oxygens (including phenoxy) is 1. The second-order valence-corrected chi connectivity index (χ2v) is 18.1. The van der Waals surface area contributed by atoms with E-state index in [1.165, 1.54) is 11.0 Å². The molecular weight excluding hydrogens is 693 g/mol. The van der Waals surface area contributed by atoms with Crippen LogP contribution in [0.4, 0.5) is 10.5 Å². The number of nitrogens with one attached hydrogen (secondary N) is 5. The fraction of sp³-hybridized carbons (Fsp3) is 0.528. The zero-order valence-corrected chi connectivity index (χ0v) is 31.5. The third-order valence-electron chi connectivity index (χ3n) is 9.28. The van der Waals surface area contributed by atoms with E-state index in [4.69, 9.17) is 17.0 Å². The summed E-state index contributed by atoms with van der Waals surface area (Å²) in [5, 5.41) is 13.6. The second kappa shape index (κ2) is 14.1. The van der Waals surface area contributed by atoms with E-state index in [1.807, 2.05) is 42.5 Å². The number of benzene rings is 2. The number of hydrogen-bond donors (Lipinski definition) is 5. The minimum atomic E-state index is -3.89. The van der Waals surface area contributed by atoms with E-state index in [0.29, 0.717) is 12.8 Å². The summed E-state index contributed by atoms with van der Waals surface area (Å²) in [5.74, 6) is -2.52. The van der Waals surface area contributed by atoms with Crippen molar-refractivity contribution in [3.05, 3.63) is 55.1 Å². The molecule has 5 N–H and O–H groups in total. The molecule has 0 spiro atoms. The first-order valence-corrected chi connectivity index (χ1v) is 19.1.